The van der Waals surface area contributed by atoms with Gasteiger partial charge in [-0.3, -0.25) is 10.3 Å². The predicted octanol–water partition coefficient (Wildman–Crippen LogP) is 2.17. The van der Waals surface area contributed by atoms with E-state index < -0.39 is 0 Å². The molecule has 0 aromatic heterocycles. The molecule has 20 heavy (non-hydrogen) atoms. The van der Waals surface area contributed by atoms with Crippen LogP contribution < -0.4 is 15.4 Å². The number of nitrogens with one attached hydrogen (secondary N) is 2. The van der Waals surface area contributed by atoms with Crippen LogP contribution in [0.3, 0.4) is 0 Å². The fourth-order valence-corrected chi connectivity index (χ4v) is 2.45. The van der Waals surface area contributed by atoms with Gasteiger partial charge in [0.1, 0.15) is 5.75 Å². The number of benzene rings is 1. The van der Waals surface area contributed by atoms with Gasteiger partial charge < -0.3 is 10.1 Å². The van der Waals surface area contributed by atoms with Gasteiger partial charge >= 0.3 is 6.03 Å². The smallest absolute Gasteiger partial charge is 0.320 e. The van der Waals surface area contributed by atoms with Crippen LogP contribution in [-0.2, 0) is 0 Å². The summed E-state index contributed by atoms with van der Waals surface area (Å²) in [6.07, 6.45) is 0.765. The minimum Gasteiger partial charge on any atom is -0.493 e. The first kappa shape index (κ1) is 14.7. The molecule has 0 unspecified atom stereocenters. The van der Waals surface area contributed by atoms with Crippen molar-refractivity contribution >= 4 is 23.0 Å². The molecule has 2 rings (SSSR count). The number of rotatable bonds is 5. The van der Waals surface area contributed by atoms with Gasteiger partial charge in [-0.1, -0.05) is 30.0 Å². The largest absolute Gasteiger partial charge is 0.493 e. The maximum atomic E-state index is 11.5. The zero-order valence-corrected chi connectivity index (χ0v) is 12.3. The van der Waals surface area contributed by atoms with Gasteiger partial charge in [-0.15, -0.1) is 0 Å². The second-order valence-corrected chi connectivity index (χ2v) is 5.47. The predicted molar refractivity (Wildman–Crippen MR) is 82.6 cm³/mol. The van der Waals surface area contributed by atoms with Crippen molar-refractivity contribution in [2.75, 3.05) is 25.4 Å². The summed E-state index contributed by atoms with van der Waals surface area (Å²) in [5.74, 6) is 1.84. The summed E-state index contributed by atoms with van der Waals surface area (Å²) in [4.78, 5) is 15.7. The lowest BCUT2D eigenvalue weighted by molar-refractivity contribution is 0.243. The molecule has 1 aliphatic heterocycles. The average molecular weight is 293 g/mol. The SMILES string of the molecule is Cc1ccccc1OCCCNC(=O)NC1=NCCS1. The Bertz CT molecular complexity index is 491. The Balaban J connectivity index is 1.57. The molecule has 0 fully saturated rings. The summed E-state index contributed by atoms with van der Waals surface area (Å²) in [6, 6.07) is 7.70. The van der Waals surface area contributed by atoms with E-state index in [0.717, 1.165) is 30.0 Å². The molecule has 0 bridgehead atoms. The number of carbonyl (C=O) groups excluding carboxylic acids is 1. The third-order valence-corrected chi connectivity index (χ3v) is 3.66. The van der Waals surface area contributed by atoms with Crippen LogP contribution >= 0.6 is 11.8 Å². The summed E-state index contributed by atoms with van der Waals surface area (Å²) in [7, 11) is 0. The van der Waals surface area contributed by atoms with Crippen molar-refractivity contribution in [2.24, 2.45) is 4.99 Å². The second-order valence-electron chi connectivity index (χ2n) is 4.38. The van der Waals surface area contributed by atoms with Crippen molar-refractivity contribution in [1.29, 1.82) is 0 Å². The van der Waals surface area contributed by atoms with Crippen LogP contribution in [0.15, 0.2) is 29.3 Å². The Kier molecular flexibility index (Phi) is 5.73. The number of amides is 2. The van der Waals surface area contributed by atoms with Gasteiger partial charge in [-0.2, -0.15) is 0 Å². The van der Waals surface area contributed by atoms with E-state index in [1.165, 1.54) is 0 Å². The van der Waals surface area contributed by atoms with Crippen LogP contribution in [0.25, 0.3) is 0 Å². The number of ether oxygens (including phenoxy) is 1. The van der Waals surface area contributed by atoms with Crippen LogP contribution in [0, 0.1) is 6.92 Å². The third-order valence-electron chi connectivity index (χ3n) is 2.76. The zero-order chi connectivity index (χ0) is 14.2. The first-order valence-corrected chi connectivity index (χ1v) is 7.65. The number of hydrogen-bond acceptors (Lipinski definition) is 4. The number of nitrogens with zero attached hydrogens (tertiary/aromatic N) is 1. The Morgan fingerprint density at radius 3 is 3.05 bits per heavy atom. The Morgan fingerprint density at radius 1 is 1.45 bits per heavy atom. The number of hydrogen-bond donors (Lipinski definition) is 2. The highest BCUT2D eigenvalue weighted by Gasteiger charge is 2.09. The van der Waals surface area contributed by atoms with Crippen molar-refractivity contribution in [3.63, 3.8) is 0 Å². The lowest BCUT2D eigenvalue weighted by atomic mass is 10.2. The van der Waals surface area contributed by atoms with Crippen molar-refractivity contribution < 1.29 is 9.53 Å². The molecule has 1 heterocycles. The number of para-hydroxylation sites is 1. The summed E-state index contributed by atoms with van der Waals surface area (Å²) in [6.45, 7) is 3.96. The molecule has 6 heteroatoms. The molecule has 0 atom stereocenters. The number of thioether (sulfide) groups is 1. The van der Waals surface area contributed by atoms with E-state index in [2.05, 4.69) is 15.6 Å². The topological polar surface area (TPSA) is 62.7 Å². The summed E-state index contributed by atoms with van der Waals surface area (Å²) < 4.78 is 5.65. The highest BCUT2D eigenvalue weighted by atomic mass is 32.2. The average Bonchev–Trinajstić information content (AvgIpc) is 2.93. The first-order valence-electron chi connectivity index (χ1n) is 6.66. The molecule has 1 aromatic rings. The van der Waals surface area contributed by atoms with Gasteiger partial charge in [0, 0.05) is 12.3 Å². The van der Waals surface area contributed by atoms with Crippen LogP contribution in [0.1, 0.15) is 12.0 Å². The highest BCUT2D eigenvalue weighted by Crippen LogP contribution is 2.15. The van der Waals surface area contributed by atoms with Crippen molar-refractivity contribution in [2.45, 2.75) is 13.3 Å². The van der Waals surface area contributed by atoms with E-state index in [-0.39, 0.29) is 6.03 Å². The summed E-state index contributed by atoms with van der Waals surface area (Å²) in [5.41, 5.74) is 1.12. The van der Waals surface area contributed by atoms with E-state index >= 15 is 0 Å². The van der Waals surface area contributed by atoms with E-state index in [9.17, 15) is 4.79 Å². The summed E-state index contributed by atoms with van der Waals surface area (Å²) in [5, 5.41) is 6.21. The minimum atomic E-state index is -0.200. The van der Waals surface area contributed by atoms with Gasteiger partial charge in [0.25, 0.3) is 0 Å². The minimum absolute atomic E-state index is 0.200. The monoisotopic (exact) mass is 293 g/mol. The molecule has 5 nitrogen and oxygen atoms in total. The van der Waals surface area contributed by atoms with Crippen LogP contribution in [0.2, 0.25) is 0 Å². The molecule has 2 amide bonds. The molecule has 0 aliphatic carbocycles. The first-order chi connectivity index (χ1) is 9.75. The molecule has 0 radical (unpaired) electrons. The fraction of sp³-hybridized carbons (Fsp3) is 0.429. The second kappa shape index (κ2) is 7.79. The Hall–Kier alpha value is -1.69. The van der Waals surface area contributed by atoms with Gasteiger partial charge in [-0.25, -0.2) is 4.79 Å². The van der Waals surface area contributed by atoms with Crippen molar-refractivity contribution in [3.05, 3.63) is 29.8 Å². The fourth-order valence-electron chi connectivity index (χ4n) is 1.73. The van der Waals surface area contributed by atoms with Gasteiger partial charge in [0.2, 0.25) is 0 Å². The van der Waals surface area contributed by atoms with E-state index in [1.807, 2.05) is 31.2 Å². The molecule has 2 N–H and O–H groups in total. The number of urea groups is 1. The van der Waals surface area contributed by atoms with E-state index in [0.29, 0.717) is 18.3 Å². The molecule has 108 valence electrons. The van der Waals surface area contributed by atoms with Crippen molar-refractivity contribution in [1.82, 2.24) is 10.6 Å². The van der Waals surface area contributed by atoms with E-state index in [1.54, 1.807) is 11.8 Å². The lowest BCUT2D eigenvalue weighted by Gasteiger charge is -2.09. The number of amidine groups is 1. The molecule has 0 spiro atoms. The quantitative estimate of drug-likeness (QED) is 0.818. The van der Waals surface area contributed by atoms with Crippen LogP contribution in [-0.4, -0.2) is 36.6 Å². The zero-order valence-electron chi connectivity index (χ0n) is 11.5. The highest BCUT2D eigenvalue weighted by molar-refractivity contribution is 8.14. The maximum absolute atomic E-state index is 11.5. The van der Waals surface area contributed by atoms with Crippen LogP contribution in [0.4, 0.5) is 4.79 Å². The molecule has 0 saturated heterocycles. The molecule has 1 aromatic carbocycles. The molecular weight excluding hydrogens is 274 g/mol. The summed E-state index contributed by atoms with van der Waals surface area (Å²) >= 11 is 1.57. The molecule has 0 saturated carbocycles. The van der Waals surface area contributed by atoms with E-state index in [4.69, 9.17) is 4.74 Å². The number of aliphatic imine (C=N–C) groups is 1. The van der Waals surface area contributed by atoms with Gasteiger partial charge in [-0.05, 0) is 25.0 Å². The number of aryl methyl sites for hydroxylation is 1. The normalized spacial score (nSPS) is 13.8. The van der Waals surface area contributed by atoms with Gasteiger partial charge in [0.05, 0.1) is 13.2 Å². The van der Waals surface area contributed by atoms with Gasteiger partial charge in [0.15, 0.2) is 5.17 Å². The molecule has 1 aliphatic rings. The van der Waals surface area contributed by atoms with Crippen molar-refractivity contribution in [3.8, 4) is 5.75 Å². The van der Waals surface area contributed by atoms with Crippen LogP contribution in [0.5, 0.6) is 5.75 Å². The maximum Gasteiger partial charge on any atom is 0.320 e. The Labute approximate surface area is 123 Å². The number of carbonyl (C=O) groups is 1. The standard InChI is InChI=1S/C14H19N3O2S/c1-11-5-2-3-6-12(11)19-9-4-7-15-13(18)17-14-16-8-10-20-14/h2-3,5-6H,4,7-10H2,1H3,(H2,15,16,17,18). The third kappa shape index (κ3) is 4.77. The Morgan fingerprint density at radius 2 is 2.30 bits per heavy atom. The lowest BCUT2D eigenvalue weighted by Crippen LogP contribution is -2.38. The molecular formula is C14H19N3O2S.